The number of aromatic nitrogens is 2. The SMILES string of the molecule is CCn1c(SCC(=O)c2ccc(OC)cc2OC)nc2ccc(Br)cc2c1=O. The van der Waals surface area contributed by atoms with Gasteiger partial charge in [0.25, 0.3) is 5.56 Å². The van der Waals surface area contributed by atoms with Crippen molar-refractivity contribution in [3.05, 3.63) is 56.8 Å². The third-order valence-electron chi connectivity index (χ3n) is 4.24. The number of fused-ring (bicyclic) bond motifs is 1. The molecular formula is C20H19BrN2O4S. The molecule has 0 bridgehead atoms. The fourth-order valence-corrected chi connectivity index (χ4v) is 4.11. The summed E-state index contributed by atoms with van der Waals surface area (Å²) in [6.45, 7) is 2.35. The summed E-state index contributed by atoms with van der Waals surface area (Å²) in [5.41, 5.74) is 0.951. The topological polar surface area (TPSA) is 70.4 Å². The first kappa shape index (κ1) is 20.4. The number of carbonyl (C=O) groups is 1. The van der Waals surface area contributed by atoms with Crippen LogP contribution in [0.2, 0.25) is 0 Å². The smallest absolute Gasteiger partial charge is 0.262 e. The lowest BCUT2D eigenvalue weighted by atomic mass is 10.1. The van der Waals surface area contributed by atoms with Crippen LogP contribution in [-0.4, -0.2) is 35.3 Å². The molecule has 3 aromatic rings. The van der Waals surface area contributed by atoms with Gasteiger partial charge >= 0.3 is 0 Å². The lowest BCUT2D eigenvalue weighted by Crippen LogP contribution is -2.23. The number of ether oxygens (including phenoxy) is 2. The minimum Gasteiger partial charge on any atom is -0.497 e. The van der Waals surface area contributed by atoms with Gasteiger partial charge in [-0.2, -0.15) is 0 Å². The maximum absolute atomic E-state index is 12.8. The molecule has 0 unspecified atom stereocenters. The number of methoxy groups -OCH3 is 2. The second-order valence-electron chi connectivity index (χ2n) is 5.88. The number of carbonyl (C=O) groups excluding carboxylic acids is 1. The van der Waals surface area contributed by atoms with E-state index in [1.165, 1.54) is 18.9 Å². The van der Waals surface area contributed by atoms with Crippen LogP contribution in [0.25, 0.3) is 10.9 Å². The normalized spacial score (nSPS) is 10.9. The standard InChI is InChI=1S/C20H19BrN2O4S/c1-4-23-19(25)15-9-12(21)5-8-16(15)22-20(23)28-11-17(24)14-7-6-13(26-2)10-18(14)27-3/h5-10H,4,11H2,1-3H3. The number of nitrogens with zero attached hydrogens (tertiary/aromatic N) is 2. The second-order valence-corrected chi connectivity index (χ2v) is 7.74. The summed E-state index contributed by atoms with van der Waals surface area (Å²) < 4.78 is 12.9. The molecule has 0 aliphatic heterocycles. The van der Waals surface area contributed by atoms with Gasteiger partial charge in [-0.3, -0.25) is 14.2 Å². The fraction of sp³-hybridized carbons (Fsp3) is 0.250. The van der Waals surface area contributed by atoms with Gasteiger partial charge in [-0.05, 0) is 37.3 Å². The molecule has 28 heavy (non-hydrogen) atoms. The molecule has 1 heterocycles. The molecule has 0 aliphatic rings. The Labute approximate surface area is 175 Å². The van der Waals surface area contributed by atoms with Crippen molar-refractivity contribution in [2.75, 3.05) is 20.0 Å². The number of benzene rings is 2. The number of thioether (sulfide) groups is 1. The first-order chi connectivity index (χ1) is 13.5. The predicted octanol–water partition coefficient (Wildman–Crippen LogP) is 4.17. The van der Waals surface area contributed by atoms with Crippen LogP contribution >= 0.6 is 27.7 Å². The van der Waals surface area contributed by atoms with Gasteiger partial charge in [0.15, 0.2) is 10.9 Å². The summed E-state index contributed by atoms with van der Waals surface area (Å²) in [6, 6.07) is 10.5. The van der Waals surface area contributed by atoms with Crippen LogP contribution in [0.15, 0.2) is 50.8 Å². The van der Waals surface area contributed by atoms with Crippen molar-refractivity contribution in [3.63, 3.8) is 0 Å². The number of Topliss-reactive ketones (excluding diaryl/α,β-unsaturated/α-hetero) is 1. The monoisotopic (exact) mass is 462 g/mol. The van der Waals surface area contributed by atoms with Crippen molar-refractivity contribution >= 4 is 44.4 Å². The van der Waals surface area contributed by atoms with E-state index in [1.807, 2.05) is 13.0 Å². The Kier molecular flexibility index (Phi) is 6.41. The summed E-state index contributed by atoms with van der Waals surface area (Å²) in [5, 5.41) is 1.06. The van der Waals surface area contributed by atoms with E-state index >= 15 is 0 Å². The van der Waals surface area contributed by atoms with E-state index in [4.69, 9.17) is 9.47 Å². The number of hydrogen-bond donors (Lipinski definition) is 0. The van der Waals surface area contributed by atoms with Crippen molar-refractivity contribution in [1.29, 1.82) is 0 Å². The average molecular weight is 463 g/mol. The van der Waals surface area contributed by atoms with E-state index in [1.54, 1.807) is 42.0 Å². The van der Waals surface area contributed by atoms with Gasteiger partial charge in [0, 0.05) is 17.1 Å². The highest BCUT2D eigenvalue weighted by Gasteiger charge is 2.17. The van der Waals surface area contributed by atoms with Crippen LogP contribution in [0, 0.1) is 0 Å². The molecule has 146 valence electrons. The molecule has 0 saturated carbocycles. The molecule has 0 spiro atoms. The van der Waals surface area contributed by atoms with Crippen molar-refractivity contribution in [2.24, 2.45) is 0 Å². The van der Waals surface area contributed by atoms with Gasteiger partial charge in [0.1, 0.15) is 11.5 Å². The lowest BCUT2D eigenvalue weighted by Gasteiger charge is -2.12. The first-order valence-corrected chi connectivity index (χ1v) is 10.3. The highest BCUT2D eigenvalue weighted by molar-refractivity contribution is 9.10. The van der Waals surface area contributed by atoms with Gasteiger partial charge in [-0.25, -0.2) is 4.98 Å². The van der Waals surface area contributed by atoms with E-state index < -0.39 is 0 Å². The summed E-state index contributed by atoms with van der Waals surface area (Å²) in [7, 11) is 3.07. The molecule has 0 N–H and O–H groups in total. The van der Waals surface area contributed by atoms with E-state index in [2.05, 4.69) is 20.9 Å². The molecule has 0 atom stereocenters. The Morgan fingerprint density at radius 3 is 2.64 bits per heavy atom. The van der Waals surface area contributed by atoms with Crippen molar-refractivity contribution in [2.45, 2.75) is 18.6 Å². The zero-order chi connectivity index (χ0) is 20.3. The fourth-order valence-electron chi connectivity index (χ4n) is 2.80. The van der Waals surface area contributed by atoms with Crippen molar-refractivity contribution in [3.8, 4) is 11.5 Å². The average Bonchev–Trinajstić information content (AvgIpc) is 2.72. The van der Waals surface area contributed by atoms with Gasteiger partial charge in [0.05, 0.1) is 36.4 Å². The summed E-state index contributed by atoms with van der Waals surface area (Å²) in [5.74, 6) is 1.09. The summed E-state index contributed by atoms with van der Waals surface area (Å²) in [6.07, 6.45) is 0. The molecule has 0 fully saturated rings. The lowest BCUT2D eigenvalue weighted by molar-refractivity contribution is 0.101. The van der Waals surface area contributed by atoms with Crippen LogP contribution in [0.5, 0.6) is 11.5 Å². The molecule has 0 saturated heterocycles. The Hall–Kier alpha value is -2.32. The third-order valence-corrected chi connectivity index (χ3v) is 5.71. The maximum Gasteiger partial charge on any atom is 0.262 e. The second kappa shape index (κ2) is 8.79. The quantitative estimate of drug-likeness (QED) is 0.298. The molecule has 2 aromatic carbocycles. The van der Waals surface area contributed by atoms with Crippen molar-refractivity contribution < 1.29 is 14.3 Å². The minimum absolute atomic E-state index is 0.114. The highest BCUT2D eigenvalue weighted by atomic mass is 79.9. The minimum atomic E-state index is -0.120. The molecule has 3 rings (SSSR count). The van der Waals surface area contributed by atoms with Crippen LogP contribution in [-0.2, 0) is 6.54 Å². The Morgan fingerprint density at radius 2 is 1.96 bits per heavy atom. The van der Waals surface area contributed by atoms with Gasteiger partial charge in [-0.1, -0.05) is 27.7 Å². The van der Waals surface area contributed by atoms with E-state index in [-0.39, 0.29) is 17.1 Å². The van der Waals surface area contributed by atoms with Crippen molar-refractivity contribution in [1.82, 2.24) is 9.55 Å². The Bertz CT molecular complexity index is 1100. The number of rotatable bonds is 7. The largest absolute Gasteiger partial charge is 0.497 e. The molecule has 0 radical (unpaired) electrons. The van der Waals surface area contributed by atoms with Gasteiger partial charge < -0.3 is 9.47 Å². The zero-order valence-corrected chi connectivity index (χ0v) is 18.1. The third kappa shape index (κ3) is 4.07. The van der Waals surface area contributed by atoms with E-state index in [0.29, 0.717) is 39.7 Å². The molecule has 1 aromatic heterocycles. The maximum atomic E-state index is 12.8. The highest BCUT2D eigenvalue weighted by Crippen LogP contribution is 2.27. The zero-order valence-electron chi connectivity index (χ0n) is 15.7. The molecule has 0 aliphatic carbocycles. The molecular weight excluding hydrogens is 444 g/mol. The van der Waals surface area contributed by atoms with E-state index in [0.717, 1.165) is 4.47 Å². The van der Waals surface area contributed by atoms with E-state index in [9.17, 15) is 9.59 Å². The van der Waals surface area contributed by atoms with Crippen LogP contribution < -0.4 is 15.0 Å². The number of ketones is 1. The van der Waals surface area contributed by atoms with Gasteiger partial charge in [-0.15, -0.1) is 0 Å². The summed E-state index contributed by atoms with van der Waals surface area (Å²) in [4.78, 5) is 30.1. The van der Waals surface area contributed by atoms with Gasteiger partial charge in [0.2, 0.25) is 0 Å². The Morgan fingerprint density at radius 1 is 1.18 bits per heavy atom. The van der Waals surface area contributed by atoms with Crippen LogP contribution in [0.1, 0.15) is 17.3 Å². The van der Waals surface area contributed by atoms with Crippen LogP contribution in [0.4, 0.5) is 0 Å². The number of halogens is 1. The first-order valence-electron chi connectivity index (χ1n) is 8.56. The molecule has 8 heteroatoms. The predicted molar refractivity (Wildman–Crippen MR) is 114 cm³/mol. The van der Waals surface area contributed by atoms with Crippen LogP contribution in [0.3, 0.4) is 0 Å². The summed E-state index contributed by atoms with van der Waals surface area (Å²) >= 11 is 4.63. The Balaban J connectivity index is 1.90. The number of hydrogen-bond acceptors (Lipinski definition) is 6. The molecule has 0 amide bonds. The molecule has 6 nitrogen and oxygen atoms in total.